The first-order valence-electron chi connectivity index (χ1n) is 7.46. The van der Waals surface area contributed by atoms with Gasteiger partial charge in [0.25, 0.3) is 0 Å². The lowest BCUT2D eigenvalue weighted by Gasteiger charge is -2.06. The van der Waals surface area contributed by atoms with Crippen molar-refractivity contribution in [3.63, 3.8) is 0 Å². The van der Waals surface area contributed by atoms with Crippen LogP contribution in [0.3, 0.4) is 0 Å². The lowest BCUT2D eigenvalue weighted by molar-refractivity contribution is -0.137. The van der Waals surface area contributed by atoms with Gasteiger partial charge in [0.1, 0.15) is 6.54 Å². The third-order valence-electron chi connectivity index (χ3n) is 3.69. The first-order valence-corrected chi connectivity index (χ1v) is 7.46. The molecule has 0 radical (unpaired) electrons. The number of aromatic nitrogens is 5. The summed E-state index contributed by atoms with van der Waals surface area (Å²) < 4.78 is 46.0. The molecule has 0 aliphatic rings. The van der Waals surface area contributed by atoms with Crippen LogP contribution in [0.5, 0.6) is 0 Å². The van der Waals surface area contributed by atoms with E-state index in [0.717, 1.165) is 16.8 Å². The third kappa shape index (κ3) is 2.85. The second-order valence-electron chi connectivity index (χ2n) is 5.46. The normalized spacial score (nSPS) is 12.0. The van der Waals surface area contributed by atoms with Crippen LogP contribution in [0, 0.1) is 0 Å². The van der Waals surface area contributed by atoms with E-state index in [4.69, 9.17) is 4.52 Å². The van der Waals surface area contributed by atoms with Crippen LogP contribution in [0.2, 0.25) is 0 Å². The average molecular weight is 361 g/mol. The standard InChI is InChI=1S/C16H10F3N5O2/c17-16(18,19)11-5-3-4-10(8-11)14-20-13(26-22-14)9-24-15(25)23-7-2-1-6-12(23)21-24/h1-8H,9H2. The molecule has 0 saturated heterocycles. The van der Waals surface area contributed by atoms with Gasteiger partial charge in [-0.25, -0.2) is 9.48 Å². The lowest BCUT2D eigenvalue weighted by Crippen LogP contribution is -2.21. The van der Waals surface area contributed by atoms with Crippen LogP contribution in [0.1, 0.15) is 11.5 Å². The van der Waals surface area contributed by atoms with E-state index in [1.54, 1.807) is 24.4 Å². The van der Waals surface area contributed by atoms with Crippen LogP contribution >= 0.6 is 0 Å². The summed E-state index contributed by atoms with van der Waals surface area (Å²) in [5.41, 5.74) is -0.579. The van der Waals surface area contributed by atoms with Crippen LogP contribution < -0.4 is 5.69 Å². The Morgan fingerprint density at radius 2 is 1.96 bits per heavy atom. The number of halogens is 3. The number of pyridine rings is 1. The second kappa shape index (κ2) is 5.83. The SMILES string of the molecule is O=c1n(Cc2nc(-c3cccc(C(F)(F)F)c3)no2)nc2ccccn12. The van der Waals surface area contributed by atoms with Gasteiger partial charge in [0.05, 0.1) is 5.56 Å². The number of benzene rings is 1. The first-order chi connectivity index (χ1) is 12.4. The van der Waals surface area contributed by atoms with Crippen LogP contribution in [0.25, 0.3) is 17.0 Å². The minimum absolute atomic E-state index is 0.00270. The molecule has 0 aliphatic heterocycles. The fourth-order valence-electron chi connectivity index (χ4n) is 2.47. The Morgan fingerprint density at radius 1 is 1.12 bits per heavy atom. The summed E-state index contributed by atoms with van der Waals surface area (Å²) in [7, 11) is 0. The highest BCUT2D eigenvalue weighted by atomic mass is 19.4. The van der Waals surface area contributed by atoms with Gasteiger partial charge in [-0.1, -0.05) is 23.4 Å². The molecule has 0 atom stereocenters. The number of fused-ring (bicyclic) bond motifs is 1. The summed E-state index contributed by atoms with van der Waals surface area (Å²) in [5, 5.41) is 7.81. The fraction of sp³-hybridized carbons (Fsp3) is 0.125. The molecule has 1 aromatic carbocycles. The minimum atomic E-state index is -4.47. The number of nitrogens with zero attached hydrogens (tertiary/aromatic N) is 5. The van der Waals surface area contributed by atoms with E-state index in [-0.39, 0.29) is 29.5 Å². The molecule has 26 heavy (non-hydrogen) atoms. The van der Waals surface area contributed by atoms with Crippen LogP contribution in [-0.4, -0.2) is 24.3 Å². The van der Waals surface area contributed by atoms with Gasteiger partial charge < -0.3 is 4.52 Å². The van der Waals surface area contributed by atoms with Crippen molar-refractivity contribution in [1.29, 1.82) is 0 Å². The summed E-state index contributed by atoms with van der Waals surface area (Å²) in [4.78, 5) is 16.3. The van der Waals surface area contributed by atoms with Crippen molar-refractivity contribution < 1.29 is 17.7 Å². The van der Waals surface area contributed by atoms with E-state index < -0.39 is 11.7 Å². The van der Waals surface area contributed by atoms with Crippen molar-refractivity contribution in [2.45, 2.75) is 12.7 Å². The van der Waals surface area contributed by atoms with Crippen molar-refractivity contribution in [2.24, 2.45) is 0 Å². The van der Waals surface area contributed by atoms with E-state index >= 15 is 0 Å². The van der Waals surface area contributed by atoms with Crippen molar-refractivity contribution >= 4 is 5.65 Å². The van der Waals surface area contributed by atoms with Gasteiger partial charge in [-0.3, -0.25) is 4.40 Å². The summed E-state index contributed by atoms with van der Waals surface area (Å²) in [6.45, 7) is -0.0908. The predicted octanol–water partition coefficient (Wildman–Crippen LogP) is 2.61. The largest absolute Gasteiger partial charge is 0.416 e. The smallest absolute Gasteiger partial charge is 0.337 e. The van der Waals surface area contributed by atoms with Gasteiger partial charge in [-0.2, -0.15) is 18.2 Å². The maximum absolute atomic E-state index is 12.8. The first kappa shape index (κ1) is 16.1. The Bertz CT molecular complexity index is 1140. The molecule has 0 fully saturated rings. The third-order valence-corrected chi connectivity index (χ3v) is 3.69. The van der Waals surface area contributed by atoms with Crippen LogP contribution in [0.4, 0.5) is 13.2 Å². The fourth-order valence-corrected chi connectivity index (χ4v) is 2.47. The van der Waals surface area contributed by atoms with E-state index in [1.807, 2.05) is 0 Å². The van der Waals surface area contributed by atoms with Gasteiger partial charge in [0.15, 0.2) is 5.65 Å². The van der Waals surface area contributed by atoms with Gasteiger partial charge in [0.2, 0.25) is 11.7 Å². The van der Waals surface area contributed by atoms with Crippen LogP contribution in [0.15, 0.2) is 58.0 Å². The molecule has 0 unspecified atom stereocenters. The Morgan fingerprint density at radius 3 is 2.73 bits per heavy atom. The predicted molar refractivity (Wildman–Crippen MR) is 83.3 cm³/mol. The van der Waals surface area contributed by atoms with Gasteiger partial charge in [0, 0.05) is 11.8 Å². The molecule has 4 aromatic rings. The Hall–Kier alpha value is -3.43. The number of hydrogen-bond acceptors (Lipinski definition) is 5. The Kier molecular flexibility index (Phi) is 3.60. The van der Waals surface area contributed by atoms with Gasteiger partial charge in [-0.15, -0.1) is 5.10 Å². The Labute approximate surface area is 143 Å². The highest BCUT2D eigenvalue weighted by molar-refractivity contribution is 5.55. The second-order valence-corrected chi connectivity index (χ2v) is 5.46. The Balaban J connectivity index is 1.64. The molecular formula is C16H10F3N5O2. The lowest BCUT2D eigenvalue weighted by atomic mass is 10.1. The van der Waals surface area contributed by atoms with E-state index in [2.05, 4.69) is 15.2 Å². The average Bonchev–Trinajstić information content (AvgIpc) is 3.20. The zero-order valence-corrected chi connectivity index (χ0v) is 13.0. The molecule has 4 rings (SSSR count). The van der Waals surface area contributed by atoms with Gasteiger partial charge in [-0.05, 0) is 24.3 Å². The molecule has 7 nitrogen and oxygen atoms in total. The maximum atomic E-state index is 12.8. The molecule has 3 aromatic heterocycles. The topological polar surface area (TPSA) is 78.2 Å². The molecule has 0 bridgehead atoms. The van der Waals surface area contributed by atoms with Crippen molar-refractivity contribution in [3.05, 3.63) is 70.6 Å². The molecule has 0 spiro atoms. The highest BCUT2D eigenvalue weighted by Gasteiger charge is 2.30. The summed E-state index contributed by atoms with van der Waals surface area (Å²) in [6.07, 6.45) is -2.89. The van der Waals surface area contributed by atoms with Crippen molar-refractivity contribution in [2.75, 3.05) is 0 Å². The van der Waals surface area contributed by atoms with E-state index in [0.29, 0.717) is 5.65 Å². The molecule has 0 saturated carbocycles. The summed E-state index contributed by atoms with van der Waals surface area (Å²) >= 11 is 0. The van der Waals surface area contributed by atoms with Crippen molar-refractivity contribution in [3.8, 4) is 11.4 Å². The molecule has 132 valence electrons. The quantitative estimate of drug-likeness (QED) is 0.561. The number of alkyl halides is 3. The summed E-state index contributed by atoms with van der Waals surface area (Å²) in [5.74, 6) is 0.0610. The molecule has 3 heterocycles. The minimum Gasteiger partial charge on any atom is -0.337 e. The monoisotopic (exact) mass is 361 g/mol. The molecule has 0 N–H and O–H groups in total. The highest BCUT2D eigenvalue weighted by Crippen LogP contribution is 2.31. The molecule has 10 heteroatoms. The zero-order chi connectivity index (χ0) is 18.3. The number of rotatable bonds is 3. The summed E-state index contributed by atoms with van der Waals surface area (Å²) in [6, 6.07) is 9.71. The molecule has 0 aliphatic carbocycles. The van der Waals surface area contributed by atoms with Crippen LogP contribution in [-0.2, 0) is 12.7 Å². The maximum Gasteiger partial charge on any atom is 0.416 e. The van der Waals surface area contributed by atoms with E-state index in [1.165, 1.54) is 16.5 Å². The number of hydrogen-bond donors (Lipinski definition) is 0. The molecule has 0 amide bonds. The van der Waals surface area contributed by atoms with Gasteiger partial charge >= 0.3 is 11.9 Å². The van der Waals surface area contributed by atoms with Crippen molar-refractivity contribution in [1.82, 2.24) is 24.3 Å². The van der Waals surface area contributed by atoms with E-state index in [9.17, 15) is 18.0 Å². The zero-order valence-electron chi connectivity index (χ0n) is 13.0. The molecular weight excluding hydrogens is 351 g/mol.